The summed E-state index contributed by atoms with van der Waals surface area (Å²) in [6, 6.07) is 7.23. The van der Waals surface area contributed by atoms with Crippen LogP contribution in [-0.2, 0) is 0 Å². The van der Waals surface area contributed by atoms with Gasteiger partial charge in [0.1, 0.15) is 5.02 Å². The van der Waals surface area contributed by atoms with Gasteiger partial charge in [-0.3, -0.25) is 14.9 Å². The van der Waals surface area contributed by atoms with E-state index in [1.165, 1.54) is 29.5 Å². The Hall–Kier alpha value is -1.63. The summed E-state index contributed by atoms with van der Waals surface area (Å²) in [6.45, 7) is 1.83. The van der Waals surface area contributed by atoms with Crippen LogP contribution >= 0.6 is 34.5 Å². The van der Waals surface area contributed by atoms with Crippen LogP contribution in [0, 0.1) is 10.1 Å². The highest BCUT2D eigenvalue weighted by Gasteiger charge is 2.17. The first-order chi connectivity index (χ1) is 9.88. The van der Waals surface area contributed by atoms with Crippen molar-refractivity contribution >= 4 is 46.1 Å². The van der Waals surface area contributed by atoms with Gasteiger partial charge in [-0.05, 0) is 31.2 Å². The first kappa shape index (κ1) is 15.8. The maximum Gasteiger partial charge on any atom is 0.287 e. The van der Waals surface area contributed by atoms with E-state index in [9.17, 15) is 14.9 Å². The molecule has 0 bridgehead atoms. The number of nitro benzene ring substituents is 1. The summed E-state index contributed by atoms with van der Waals surface area (Å²) in [5.74, 6) is -0.358. The van der Waals surface area contributed by atoms with Crippen LogP contribution in [-0.4, -0.2) is 10.8 Å². The number of carbonyl (C=O) groups excluding carboxylic acids is 1. The quantitative estimate of drug-likeness (QED) is 0.657. The average molecular weight is 345 g/mol. The van der Waals surface area contributed by atoms with Gasteiger partial charge in [0.25, 0.3) is 11.6 Å². The Morgan fingerprint density at radius 1 is 1.33 bits per heavy atom. The Labute approximate surface area is 134 Å². The van der Waals surface area contributed by atoms with E-state index in [0.29, 0.717) is 4.34 Å². The van der Waals surface area contributed by atoms with Crippen molar-refractivity contribution in [3.63, 3.8) is 0 Å². The molecule has 1 unspecified atom stereocenters. The van der Waals surface area contributed by atoms with Gasteiger partial charge in [0.05, 0.1) is 15.3 Å². The van der Waals surface area contributed by atoms with Gasteiger partial charge in [-0.2, -0.15) is 0 Å². The number of thiophene rings is 1. The van der Waals surface area contributed by atoms with E-state index in [1.807, 2.05) is 13.0 Å². The molecule has 0 fully saturated rings. The third-order valence-corrected chi connectivity index (χ3v) is 4.49. The summed E-state index contributed by atoms with van der Waals surface area (Å²) in [4.78, 5) is 23.1. The minimum absolute atomic E-state index is 0.0699. The number of nitrogens with zero attached hydrogens (tertiary/aromatic N) is 1. The smallest absolute Gasteiger partial charge is 0.287 e. The highest BCUT2D eigenvalue weighted by atomic mass is 35.5. The number of rotatable bonds is 4. The number of carbonyl (C=O) groups is 1. The summed E-state index contributed by atoms with van der Waals surface area (Å²) in [6.07, 6.45) is 0. The van der Waals surface area contributed by atoms with E-state index in [0.717, 1.165) is 4.88 Å². The maximum atomic E-state index is 12.1. The van der Waals surface area contributed by atoms with Crippen LogP contribution in [0.2, 0.25) is 9.36 Å². The van der Waals surface area contributed by atoms with E-state index in [-0.39, 0.29) is 28.2 Å². The first-order valence-corrected chi connectivity index (χ1v) is 7.45. The van der Waals surface area contributed by atoms with Gasteiger partial charge in [-0.15, -0.1) is 11.3 Å². The summed E-state index contributed by atoms with van der Waals surface area (Å²) in [5, 5.41) is 13.4. The zero-order valence-electron chi connectivity index (χ0n) is 10.8. The van der Waals surface area contributed by atoms with Crippen molar-refractivity contribution in [1.29, 1.82) is 0 Å². The minimum Gasteiger partial charge on any atom is -0.345 e. The topological polar surface area (TPSA) is 72.2 Å². The SMILES string of the molecule is CC(NC(=O)c1ccc([N+](=O)[O-])c(Cl)c1)c1ccc(Cl)s1. The Kier molecular flexibility index (Phi) is 4.82. The average Bonchev–Trinajstić information content (AvgIpc) is 2.84. The Balaban J connectivity index is 2.13. The lowest BCUT2D eigenvalue weighted by Crippen LogP contribution is -2.26. The zero-order valence-corrected chi connectivity index (χ0v) is 13.1. The molecular formula is C13H10Cl2N2O3S. The summed E-state index contributed by atoms with van der Waals surface area (Å²) in [5.41, 5.74) is 0.0337. The molecule has 0 saturated carbocycles. The number of amides is 1. The van der Waals surface area contributed by atoms with Gasteiger partial charge in [0.2, 0.25) is 0 Å². The van der Waals surface area contributed by atoms with Gasteiger partial charge in [0.15, 0.2) is 0 Å². The van der Waals surface area contributed by atoms with E-state index in [1.54, 1.807) is 6.07 Å². The highest BCUT2D eigenvalue weighted by molar-refractivity contribution is 7.16. The molecule has 21 heavy (non-hydrogen) atoms. The standard InChI is InChI=1S/C13H10Cl2N2O3S/c1-7(11-4-5-12(15)21-11)16-13(18)8-2-3-10(17(19)20)9(14)6-8/h2-7H,1H3,(H,16,18). The maximum absolute atomic E-state index is 12.1. The van der Waals surface area contributed by atoms with Gasteiger partial charge < -0.3 is 5.32 Å². The van der Waals surface area contributed by atoms with Crippen LogP contribution in [0.25, 0.3) is 0 Å². The van der Waals surface area contributed by atoms with Crippen LogP contribution in [0.3, 0.4) is 0 Å². The van der Waals surface area contributed by atoms with Crippen LogP contribution in [0.1, 0.15) is 28.2 Å². The second kappa shape index (κ2) is 6.43. The van der Waals surface area contributed by atoms with Gasteiger partial charge in [-0.1, -0.05) is 23.2 Å². The van der Waals surface area contributed by atoms with Crippen molar-refractivity contribution in [2.75, 3.05) is 0 Å². The second-order valence-corrected chi connectivity index (χ2v) is 6.41. The van der Waals surface area contributed by atoms with E-state index in [4.69, 9.17) is 23.2 Å². The monoisotopic (exact) mass is 344 g/mol. The largest absolute Gasteiger partial charge is 0.345 e. The molecule has 1 heterocycles. The fourth-order valence-corrected chi connectivity index (χ4v) is 3.02. The molecule has 1 amide bonds. The van der Waals surface area contributed by atoms with Crippen LogP contribution < -0.4 is 5.32 Å². The predicted octanol–water partition coefficient (Wildman–Crippen LogP) is 4.45. The molecular weight excluding hydrogens is 335 g/mol. The molecule has 1 aromatic heterocycles. The summed E-state index contributed by atoms with van der Waals surface area (Å²) in [7, 11) is 0. The zero-order chi connectivity index (χ0) is 15.6. The van der Waals surface area contributed by atoms with Crippen molar-refractivity contribution in [2.24, 2.45) is 0 Å². The molecule has 0 saturated heterocycles. The molecule has 1 aromatic carbocycles. The second-order valence-electron chi connectivity index (χ2n) is 4.26. The van der Waals surface area contributed by atoms with Crippen molar-refractivity contribution < 1.29 is 9.72 Å². The lowest BCUT2D eigenvalue weighted by molar-refractivity contribution is -0.384. The predicted molar refractivity (Wildman–Crippen MR) is 83.3 cm³/mol. The van der Waals surface area contributed by atoms with Crippen molar-refractivity contribution in [2.45, 2.75) is 13.0 Å². The Bertz CT molecular complexity index is 702. The number of benzene rings is 1. The fourth-order valence-electron chi connectivity index (χ4n) is 1.71. The molecule has 0 aliphatic carbocycles. The number of hydrogen-bond donors (Lipinski definition) is 1. The molecule has 5 nitrogen and oxygen atoms in total. The minimum atomic E-state index is -0.597. The third kappa shape index (κ3) is 3.72. The first-order valence-electron chi connectivity index (χ1n) is 5.88. The van der Waals surface area contributed by atoms with Crippen molar-refractivity contribution in [3.05, 3.63) is 60.2 Å². The molecule has 0 spiro atoms. The highest BCUT2D eigenvalue weighted by Crippen LogP contribution is 2.28. The molecule has 1 N–H and O–H groups in total. The van der Waals surface area contributed by atoms with Gasteiger partial charge in [0, 0.05) is 16.5 Å². The molecule has 1 atom stereocenters. The third-order valence-electron chi connectivity index (χ3n) is 2.77. The number of halogens is 2. The Morgan fingerprint density at radius 3 is 2.57 bits per heavy atom. The number of nitrogens with one attached hydrogen (secondary N) is 1. The molecule has 110 valence electrons. The normalized spacial score (nSPS) is 12.0. The molecule has 0 aliphatic heterocycles. The van der Waals surface area contributed by atoms with E-state index >= 15 is 0 Å². The van der Waals surface area contributed by atoms with E-state index < -0.39 is 4.92 Å². The molecule has 8 heteroatoms. The molecule has 0 aliphatic rings. The lowest BCUT2D eigenvalue weighted by Gasteiger charge is -2.12. The number of hydrogen-bond acceptors (Lipinski definition) is 4. The molecule has 2 rings (SSSR count). The van der Waals surface area contributed by atoms with Gasteiger partial charge in [-0.25, -0.2) is 0 Å². The van der Waals surface area contributed by atoms with Crippen LogP contribution in [0.15, 0.2) is 30.3 Å². The fraction of sp³-hybridized carbons (Fsp3) is 0.154. The summed E-state index contributed by atoms with van der Waals surface area (Å²) >= 11 is 13.0. The van der Waals surface area contributed by atoms with Crippen LogP contribution in [0.5, 0.6) is 0 Å². The number of nitro groups is 1. The Morgan fingerprint density at radius 2 is 2.05 bits per heavy atom. The van der Waals surface area contributed by atoms with Crippen molar-refractivity contribution in [1.82, 2.24) is 5.32 Å². The molecule has 2 aromatic rings. The molecule has 0 radical (unpaired) electrons. The lowest BCUT2D eigenvalue weighted by atomic mass is 10.1. The summed E-state index contributed by atoms with van der Waals surface area (Å²) < 4.78 is 0.643. The van der Waals surface area contributed by atoms with Crippen LogP contribution in [0.4, 0.5) is 5.69 Å². The van der Waals surface area contributed by atoms with Crippen molar-refractivity contribution in [3.8, 4) is 0 Å². The van der Waals surface area contributed by atoms with E-state index in [2.05, 4.69) is 5.32 Å². The van der Waals surface area contributed by atoms with Gasteiger partial charge >= 0.3 is 0 Å².